The molecule has 0 aliphatic carbocycles. The summed E-state index contributed by atoms with van der Waals surface area (Å²) in [6.45, 7) is 2.75. The zero-order chi connectivity index (χ0) is 12.3. The lowest BCUT2D eigenvalue weighted by molar-refractivity contribution is 1.02. The molecule has 17 heavy (non-hydrogen) atoms. The molecule has 0 bridgehead atoms. The molecule has 0 unspecified atom stereocenters. The van der Waals surface area contributed by atoms with Gasteiger partial charge in [0.05, 0.1) is 22.9 Å². The Bertz CT molecular complexity index is 493. The number of thiazole rings is 1. The Morgan fingerprint density at radius 2 is 2.24 bits per heavy atom. The smallest absolute Gasteiger partial charge is 0.151 e. The number of nitrogens with zero attached hydrogens (tertiary/aromatic N) is 3. The van der Waals surface area contributed by atoms with Crippen molar-refractivity contribution >= 4 is 22.8 Å². The first-order valence-corrected chi connectivity index (χ1v) is 6.32. The molecule has 90 valence electrons. The van der Waals surface area contributed by atoms with Crippen LogP contribution in [-0.2, 0) is 6.54 Å². The molecular formula is C12H16N4S. The molecule has 0 fully saturated rings. The normalized spacial score (nSPS) is 10.3. The summed E-state index contributed by atoms with van der Waals surface area (Å²) in [5.41, 5.74) is 2.10. The van der Waals surface area contributed by atoms with Gasteiger partial charge in [-0.1, -0.05) is 0 Å². The van der Waals surface area contributed by atoms with Gasteiger partial charge < -0.3 is 10.2 Å². The minimum atomic E-state index is 0.733. The Kier molecular flexibility index (Phi) is 3.58. The molecule has 2 aromatic heterocycles. The minimum absolute atomic E-state index is 0.733. The van der Waals surface area contributed by atoms with Crippen LogP contribution in [0.2, 0.25) is 0 Å². The van der Waals surface area contributed by atoms with Gasteiger partial charge in [0.2, 0.25) is 0 Å². The fourth-order valence-electron chi connectivity index (χ4n) is 1.57. The molecule has 0 radical (unpaired) electrons. The van der Waals surface area contributed by atoms with Crippen molar-refractivity contribution < 1.29 is 0 Å². The van der Waals surface area contributed by atoms with Crippen LogP contribution in [0.1, 0.15) is 10.7 Å². The van der Waals surface area contributed by atoms with Gasteiger partial charge in [0.25, 0.3) is 0 Å². The Labute approximate surface area is 105 Å². The second kappa shape index (κ2) is 5.14. The van der Waals surface area contributed by atoms with Crippen molar-refractivity contribution in [1.29, 1.82) is 0 Å². The summed E-state index contributed by atoms with van der Waals surface area (Å²) in [7, 11) is 3.97. The van der Waals surface area contributed by atoms with Gasteiger partial charge in [-0.2, -0.15) is 0 Å². The number of pyridine rings is 1. The summed E-state index contributed by atoms with van der Waals surface area (Å²) in [5, 5.41) is 6.54. The maximum Gasteiger partial charge on any atom is 0.151 e. The summed E-state index contributed by atoms with van der Waals surface area (Å²) in [6, 6.07) is 3.96. The molecule has 0 saturated heterocycles. The van der Waals surface area contributed by atoms with Crippen LogP contribution in [-0.4, -0.2) is 24.1 Å². The number of nitrogens with one attached hydrogen (secondary N) is 1. The van der Waals surface area contributed by atoms with E-state index >= 15 is 0 Å². The van der Waals surface area contributed by atoms with Crippen molar-refractivity contribution in [3.8, 4) is 0 Å². The van der Waals surface area contributed by atoms with E-state index < -0.39 is 0 Å². The van der Waals surface area contributed by atoms with Gasteiger partial charge >= 0.3 is 0 Å². The van der Waals surface area contributed by atoms with Crippen LogP contribution in [0.5, 0.6) is 0 Å². The van der Waals surface area contributed by atoms with Crippen molar-refractivity contribution in [3.63, 3.8) is 0 Å². The Balaban J connectivity index is 2.08. The third-order valence-electron chi connectivity index (χ3n) is 2.34. The van der Waals surface area contributed by atoms with Crippen molar-refractivity contribution in [3.05, 3.63) is 34.4 Å². The van der Waals surface area contributed by atoms with Crippen LogP contribution >= 0.6 is 11.3 Å². The lowest BCUT2D eigenvalue weighted by Gasteiger charge is -2.16. The molecule has 1 N–H and O–H groups in total. The van der Waals surface area contributed by atoms with Crippen LogP contribution < -0.4 is 10.2 Å². The molecule has 5 heteroatoms. The molecule has 0 atom stereocenters. The molecule has 0 aliphatic rings. The lowest BCUT2D eigenvalue weighted by atomic mass is 10.3. The molecule has 2 heterocycles. The average molecular weight is 248 g/mol. The Morgan fingerprint density at radius 3 is 2.88 bits per heavy atom. The van der Waals surface area contributed by atoms with Crippen molar-refractivity contribution in [2.24, 2.45) is 0 Å². The average Bonchev–Trinajstić information content (AvgIpc) is 2.73. The molecular weight excluding hydrogens is 232 g/mol. The first-order chi connectivity index (χ1) is 8.16. The highest BCUT2D eigenvalue weighted by molar-refractivity contribution is 7.09. The Hall–Kier alpha value is -1.62. The van der Waals surface area contributed by atoms with Gasteiger partial charge in [-0.15, -0.1) is 11.3 Å². The third-order valence-corrected chi connectivity index (χ3v) is 3.16. The topological polar surface area (TPSA) is 41.1 Å². The van der Waals surface area contributed by atoms with E-state index in [1.165, 1.54) is 0 Å². The van der Waals surface area contributed by atoms with Gasteiger partial charge in [0.1, 0.15) is 0 Å². The lowest BCUT2D eigenvalue weighted by Crippen LogP contribution is -2.13. The third kappa shape index (κ3) is 2.94. The molecule has 2 rings (SSSR count). The summed E-state index contributed by atoms with van der Waals surface area (Å²) < 4.78 is 0. The second-order valence-electron chi connectivity index (χ2n) is 3.98. The molecule has 0 amide bonds. The summed E-state index contributed by atoms with van der Waals surface area (Å²) in [4.78, 5) is 10.8. The van der Waals surface area contributed by atoms with E-state index in [0.717, 1.165) is 28.8 Å². The molecule has 2 aromatic rings. The fourth-order valence-corrected chi connectivity index (χ4v) is 2.18. The monoisotopic (exact) mass is 248 g/mol. The number of rotatable bonds is 4. The summed E-state index contributed by atoms with van der Waals surface area (Å²) in [5.74, 6) is 0.944. The summed E-state index contributed by atoms with van der Waals surface area (Å²) >= 11 is 1.67. The van der Waals surface area contributed by atoms with E-state index in [1.807, 2.05) is 38.1 Å². The maximum absolute atomic E-state index is 4.42. The van der Waals surface area contributed by atoms with Gasteiger partial charge in [-0.05, 0) is 19.1 Å². The van der Waals surface area contributed by atoms with E-state index in [9.17, 15) is 0 Å². The summed E-state index contributed by atoms with van der Waals surface area (Å²) in [6.07, 6.45) is 1.80. The highest BCUT2D eigenvalue weighted by Crippen LogP contribution is 2.21. The zero-order valence-corrected chi connectivity index (χ0v) is 11.1. The van der Waals surface area contributed by atoms with Crippen LogP contribution in [0.3, 0.4) is 0 Å². The number of hydrogen-bond donors (Lipinski definition) is 1. The van der Waals surface area contributed by atoms with Gasteiger partial charge in [-0.25, -0.2) is 9.97 Å². The van der Waals surface area contributed by atoms with Gasteiger partial charge in [0, 0.05) is 25.7 Å². The molecule has 4 nitrogen and oxygen atoms in total. The zero-order valence-electron chi connectivity index (χ0n) is 10.3. The number of hydrogen-bond acceptors (Lipinski definition) is 5. The maximum atomic E-state index is 4.42. The van der Waals surface area contributed by atoms with Gasteiger partial charge in [0.15, 0.2) is 5.82 Å². The Morgan fingerprint density at radius 1 is 1.41 bits per heavy atom. The molecule has 0 saturated carbocycles. The highest BCUT2D eigenvalue weighted by Gasteiger charge is 2.05. The standard InChI is InChI=1S/C12H16N4S/c1-9-15-10(8-17-9)7-14-11-5-4-6-13-12(11)16(2)3/h4-6,8,14H,7H2,1-3H3. The predicted octanol–water partition coefficient (Wildman–Crippen LogP) is 2.52. The first kappa shape index (κ1) is 11.9. The molecule has 0 aromatic carbocycles. The van der Waals surface area contributed by atoms with E-state index in [1.54, 1.807) is 17.5 Å². The van der Waals surface area contributed by atoms with Crippen molar-refractivity contribution in [2.45, 2.75) is 13.5 Å². The molecule has 0 aliphatic heterocycles. The van der Waals surface area contributed by atoms with Gasteiger partial charge in [-0.3, -0.25) is 0 Å². The fraction of sp³-hybridized carbons (Fsp3) is 0.333. The van der Waals surface area contributed by atoms with Crippen LogP contribution in [0, 0.1) is 6.92 Å². The van der Waals surface area contributed by atoms with Crippen LogP contribution in [0.15, 0.2) is 23.7 Å². The van der Waals surface area contributed by atoms with E-state index in [-0.39, 0.29) is 0 Å². The largest absolute Gasteiger partial charge is 0.376 e. The van der Waals surface area contributed by atoms with Crippen molar-refractivity contribution in [1.82, 2.24) is 9.97 Å². The number of aromatic nitrogens is 2. The SMILES string of the molecule is Cc1nc(CNc2cccnc2N(C)C)cs1. The first-order valence-electron chi connectivity index (χ1n) is 5.44. The van der Waals surface area contributed by atoms with Crippen molar-refractivity contribution in [2.75, 3.05) is 24.3 Å². The predicted molar refractivity (Wildman–Crippen MR) is 72.7 cm³/mol. The minimum Gasteiger partial charge on any atom is -0.376 e. The molecule has 0 spiro atoms. The quantitative estimate of drug-likeness (QED) is 0.902. The highest BCUT2D eigenvalue weighted by atomic mass is 32.1. The van der Waals surface area contributed by atoms with E-state index in [4.69, 9.17) is 0 Å². The second-order valence-corrected chi connectivity index (χ2v) is 5.04. The number of aryl methyl sites for hydroxylation is 1. The van der Waals surface area contributed by atoms with Crippen LogP contribution in [0.25, 0.3) is 0 Å². The van der Waals surface area contributed by atoms with Crippen LogP contribution in [0.4, 0.5) is 11.5 Å². The number of anilines is 2. The van der Waals surface area contributed by atoms with E-state index in [0.29, 0.717) is 0 Å². The van der Waals surface area contributed by atoms with E-state index in [2.05, 4.69) is 20.7 Å².